The zero-order valence-electron chi connectivity index (χ0n) is 13.2. The molecular weight excluding hydrogens is 344 g/mol. The fourth-order valence-corrected chi connectivity index (χ4v) is 3.18. The Bertz CT molecular complexity index is 824. The minimum Gasteiger partial charge on any atom is -0.459 e. The number of rotatable bonds is 6. The van der Waals surface area contributed by atoms with Crippen molar-refractivity contribution in [2.45, 2.75) is 19.8 Å². The molecule has 124 valence electrons. The smallest absolute Gasteiger partial charge is 0.226 e. The quantitative estimate of drug-likeness (QED) is 0.714. The molecule has 0 radical (unpaired) electrons. The van der Waals surface area contributed by atoms with Crippen LogP contribution in [0.4, 0.5) is 0 Å². The third-order valence-electron chi connectivity index (χ3n) is 3.49. The molecule has 0 spiro atoms. The molecule has 3 aromatic rings. The molecule has 0 aliphatic rings. The second kappa shape index (κ2) is 7.64. The molecule has 0 aliphatic carbocycles. The van der Waals surface area contributed by atoms with Gasteiger partial charge in [0, 0.05) is 16.9 Å². The Morgan fingerprint density at radius 2 is 2.04 bits per heavy atom. The van der Waals surface area contributed by atoms with E-state index >= 15 is 0 Å². The second-order valence-corrected chi connectivity index (χ2v) is 6.75. The average Bonchev–Trinajstić information content (AvgIpc) is 3.18. The topological polar surface area (TPSA) is 55.1 Å². The molecule has 0 atom stereocenters. The van der Waals surface area contributed by atoms with Crippen molar-refractivity contribution < 1.29 is 9.21 Å². The number of amides is 1. The van der Waals surface area contributed by atoms with Gasteiger partial charge in [-0.3, -0.25) is 4.79 Å². The average molecular weight is 361 g/mol. The van der Waals surface area contributed by atoms with Gasteiger partial charge in [-0.2, -0.15) is 0 Å². The summed E-state index contributed by atoms with van der Waals surface area (Å²) in [6, 6.07) is 11.4. The van der Waals surface area contributed by atoms with Crippen LogP contribution in [0.1, 0.15) is 17.0 Å². The number of furan rings is 1. The van der Waals surface area contributed by atoms with E-state index in [1.54, 1.807) is 0 Å². The molecule has 24 heavy (non-hydrogen) atoms. The van der Waals surface area contributed by atoms with Gasteiger partial charge in [0.15, 0.2) is 10.8 Å². The zero-order valence-corrected chi connectivity index (χ0v) is 14.8. The number of carbonyl (C=O) groups is 1. The molecule has 2 heterocycles. The lowest BCUT2D eigenvalue weighted by atomic mass is 10.1. The highest BCUT2D eigenvalue weighted by Gasteiger charge is 2.11. The summed E-state index contributed by atoms with van der Waals surface area (Å²) >= 11 is 7.33. The summed E-state index contributed by atoms with van der Waals surface area (Å²) in [5.74, 6) is 1.56. The van der Waals surface area contributed by atoms with Crippen molar-refractivity contribution in [3.05, 3.63) is 63.8 Å². The first-order chi connectivity index (χ1) is 11.6. The zero-order chi connectivity index (χ0) is 16.9. The largest absolute Gasteiger partial charge is 0.459 e. The molecule has 0 saturated heterocycles. The number of benzene rings is 1. The van der Waals surface area contributed by atoms with Crippen molar-refractivity contribution in [1.82, 2.24) is 10.3 Å². The molecule has 0 fully saturated rings. The molecule has 3 rings (SSSR count). The van der Waals surface area contributed by atoms with Gasteiger partial charge in [-0.25, -0.2) is 4.98 Å². The maximum Gasteiger partial charge on any atom is 0.226 e. The van der Waals surface area contributed by atoms with Gasteiger partial charge >= 0.3 is 0 Å². The van der Waals surface area contributed by atoms with E-state index in [4.69, 9.17) is 16.0 Å². The highest BCUT2D eigenvalue weighted by atomic mass is 35.5. The molecular formula is C18H17ClN2O2S. The number of thiazole rings is 1. The Hall–Kier alpha value is -2.11. The van der Waals surface area contributed by atoms with Gasteiger partial charge in [-0.05, 0) is 43.2 Å². The predicted octanol–water partition coefficient (Wildman–Crippen LogP) is 4.27. The second-order valence-electron chi connectivity index (χ2n) is 5.46. The first-order valence-electron chi connectivity index (χ1n) is 7.62. The van der Waals surface area contributed by atoms with Gasteiger partial charge in [0.1, 0.15) is 5.76 Å². The van der Waals surface area contributed by atoms with Gasteiger partial charge in [0.2, 0.25) is 5.91 Å². The van der Waals surface area contributed by atoms with Crippen LogP contribution in [0.3, 0.4) is 0 Å². The number of nitrogens with one attached hydrogen (secondary N) is 1. The number of aryl methyl sites for hydroxylation is 1. The standard InChI is InChI=1S/C18H17ClN2O2S/c1-12-2-7-16(23-12)18-21-15(11-24-18)10-17(22)20-9-8-13-3-5-14(19)6-4-13/h2-7,11H,8-10H2,1H3,(H,20,22). The molecule has 1 N–H and O–H groups in total. The van der Waals surface area contributed by atoms with E-state index in [9.17, 15) is 4.79 Å². The first kappa shape index (κ1) is 16.7. The Balaban J connectivity index is 1.48. The molecule has 0 aliphatic heterocycles. The van der Waals surface area contributed by atoms with Crippen LogP contribution in [0.2, 0.25) is 5.02 Å². The SMILES string of the molecule is Cc1ccc(-c2nc(CC(=O)NCCc3ccc(Cl)cc3)cs2)o1. The van der Waals surface area contributed by atoms with Crippen molar-refractivity contribution in [1.29, 1.82) is 0 Å². The lowest BCUT2D eigenvalue weighted by Gasteiger charge is -2.04. The maximum atomic E-state index is 12.0. The van der Waals surface area contributed by atoms with E-state index in [0.29, 0.717) is 11.6 Å². The summed E-state index contributed by atoms with van der Waals surface area (Å²) in [7, 11) is 0. The lowest BCUT2D eigenvalue weighted by molar-refractivity contribution is -0.120. The summed E-state index contributed by atoms with van der Waals surface area (Å²) in [5.41, 5.74) is 1.90. The summed E-state index contributed by atoms with van der Waals surface area (Å²) < 4.78 is 5.55. The monoisotopic (exact) mass is 360 g/mol. The van der Waals surface area contributed by atoms with Crippen LogP contribution < -0.4 is 5.32 Å². The van der Waals surface area contributed by atoms with Gasteiger partial charge < -0.3 is 9.73 Å². The minimum atomic E-state index is -0.0311. The van der Waals surface area contributed by atoms with E-state index in [1.807, 2.05) is 48.7 Å². The van der Waals surface area contributed by atoms with Gasteiger partial charge in [-0.15, -0.1) is 11.3 Å². The van der Waals surface area contributed by atoms with Crippen molar-refractivity contribution >= 4 is 28.8 Å². The van der Waals surface area contributed by atoms with Crippen LogP contribution in [0, 0.1) is 6.92 Å². The molecule has 2 aromatic heterocycles. The summed E-state index contributed by atoms with van der Waals surface area (Å²) in [5, 5.41) is 6.33. The molecule has 0 unspecified atom stereocenters. The van der Waals surface area contributed by atoms with Crippen LogP contribution in [0.15, 0.2) is 46.2 Å². The van der Waals surface area contributed by atoms with E-state index in [-0.39, 0.29) is 12.3 Å². The first-order valence-corrected chi connectivity index (χ1v) is 8.88. The van der Waals surface area contributed by atoms with Crippen LogP contribution in [0.5, 0.6) is 0 Å². The van der Waals surface area contributed by atoms with Gasteiger partial charge in [-0.1, -0.05) is 23.7 Å². The van der Waals surface area contributed by atoms with Crippen LogP contribution in [-0.4, -0.2) is 17.4 Å². The third kappa shape index (κ3) is 4.46. The summed E-state index contributed by atoms with van der Waals surface area (Å²) in [6.45, 7) is 2.49. The Labute approximate surface area is 149 Å². The van der Waals surface area contributed by atoms with Crippen LogP contribution in [0.25, 0.3) is 10.8 Å². The van der Waals surface area contributed by atoms with Crippen molar-refractivity contribution in [3.8, 4) is 10.8 Å². The molecule has 4 nitrogen and oxygen atoms in total. The molecule has 1 amide bonds. The third-order valence-corrected chi connectivity index (χ3v) is 4.65. The number of hydrogen-bond acceptors (Lipinski definition) is 4. The maximum absolute atomic E-state index is 12.0. The van der Waals surface area contributed by atoms with Crippen LogP contribution >= 0.6 is 22.9 Å². The lowest BCUT2D eigenvalue weighted by Crippen LogP contribution is -2.27. The Morgan fingerprint density at radius 1 is 1.25 bits per heavy atom. The predicted molar refractivity (Wildman–Crippen MR) is 96.4 cm³/mol. The number of nitrogens with zero attached hydrogens (tertiary/aromatic N) is 1. The molecule has 0 bridgehead atoms. The van der Waals surface area contributed by atoms with Crippen molar-refractivity contribution in [3.63, 3.8) is 0 Å². The Morgan fingerprint density at radius 3 is 2.75 bits per heavy atom. The summed E-state index contributed by atoms with van der Waals surface area (Å²) in [4.78, 5) is 16.5. The fraction of sp³-hybridized carbons (Fsp3) is 0.222. The number of halogens is 1. The van der Waals surface area contributed by atoms with Gasteiger partial charge in [0.05, 0.1) is 12.1 Å². The normalized spacial score (nSPS) is 10.8. The molecule has 6 heteroatoms. The number of aromatic nitrogens is 1. The van der Waals surface area contributed by atoms with Gasteiger partial charge in [0.25, 0.3) is 0 Å². The van der Waals surface area contributed by atoms with E-state index < -0.39 is 0 Å². The van der Waals surface area contributed by atoms with E-state index in [1.165, 1.54) is 11.3 Å². The van der Waals surface area contributed by atoms with Crippen molar-refractivity contribution in [2.24, 2.45) is 0 Å². The number of carbonyl (C=O) groups excluding carboxylic acids is 1. The van der Waals surface area contributed by atoms with E-state index in [0.717, 1.165) is 34.2 Å². The minimum absolute atomic E-state index is 0.0311. The van der Waals surface area contributed by atoms with Crippen molar-refractivity contribution in [2.75, 3.05) is 6.54 Å². The Kier molecular flexibility index (Phi) is 5.33. The van der Waals surface area contributed by atoms with E-state index in [2.05, 4.69) is 10.3 Å². The highest BCUT2D eigenvalue weighted by molar-refractivity contribution is 7.13. The molecule has 1 aromatic carbocycles. The highest BCUT2D eigenvalue weighted by Crippen LogP contribution is 2.25. The fourth-order valence-electron chi connectivity index (χ4n) is 2.28. The summed E-state index contributed by atoms with van der Waals surface area (Å²) in [6.07, 6.45) is 1.05. The number of hydrogen-bond donors (Lipinski definition) is 1. The molecule has 0 saturated carbocycles. The van der Waals surface area contributed by atoms with Crippen LogP contribution in [-0.2, 0) is 17.6 Å².